The average Bonchev–Trinajstić information content (AvgIpc) is 2.55. The summed E-state index contributed by atoms with van der Waals surface area (Å²) in [5.41, 5.74) is 1.78. The molecule has 0 bridgehead atoms. The van der Waals surface area contributed by atoms with Crippen molar-refractivity contribution < 1.29 is 19.3 Å². The van der Waals surface area contributed by atoms with Crippen LogP contribution in [0.1, 0.15) is 80.1 Å². The summed E-state index contributed by atoms with van der Waals surface area (Å²) in [6.07, 6.45) is 4.47. The molecule has 0 aliphatic rings. The summed E-state index contributed by atoms with van der Waals surface area (Å²) in [6, 6.07) is 0. The van der Waals surface area contributed by atoms with Crippen molar-refractivity contribution in [2.24, 2.45) is 10.3 Å². The number of nitrogens with one attached hydrogen (secondary N) is 1. The van der Waals surface area contributed by atoms with E-state index >= 15 is 0 Å². The number of oxime groups is 2. The molecule has 0 unspecified atom stereocenters. The van der Waals surface area contributed by atoms with Crippen LogP contribution in [0.25, 0.3) is 0 Å². The van der Waals surface area contributed by atoms with Crippen LogP contribution in [0.15, 0.2) is 10.3 Å². The zero-order valence-corrected chi connectivity index (χ0v) is 17.4. The Hall–Kier alpha value is -1.92. The molecule has 0 atom stereocenters. The molecule has 0 aliphatic heterocycles. The molecule has 0 saturated heterocycles. The zero-order valence-electron chi connectivity index (χ0n) is 17.4. The molecule has 0 aromatic rings. The molecular weight excluding hydrogens is 334 g/mol. The highest BCUT2D eigenvalue weighted by atomic mass is 16.6. The standard InChI is InChI=1S/C10H19NO2.C9H18N2O2/c1-4-6-10(12)7-5-8-13-11-9(2)3;1-4-5-9(12)10-6-7-13-11-8(2)3/h4-8H2,1-3H3;4-7H2,1-3H3,(H,10,12). The minimum absolute atomic E-state index is 0.0725. The Morgan fingerprint density at radius 1 is 0.808 bits per heavy atom. The van der Waals surface area contributed by atoms with Gasteiger partial charge in [0, 0.05) is 19.3 Å². The van der Waals surface area contributed by atoms with Crippen LogP contribution in [0.5, 0.6) is 0 Å². The maximum atomic E-state index is 11.0. The second-order valence-electron chi connectivity index (χ2n) is 6.24. The number of hydrogen-bond acceptors (Lipinski definition) is 6. The van der Waals surface area contributed by atoms with E-state index in [-0.39, 0.29) is 5.91 Å². The summed E-state index contributed by atoms with van der Waals surface area (Å²) in [6.45, 7) is 13.0. The van der Waals surface area contributed by atoms with E-state index in [0.717, 1.165) is 30.7 Å². The largest absolute Gasteiger partial charge is 0.396 e. The van der Waals surface area contributed by atoms with Gasteiger partial charge in [-0.3, -0.25) is 9.59 Å². The van der Waals surface area contributed by atoms with Crippen LogP contribution >= 0.6 is 0 Å². The number of carbonyl (C=O) groups is 2. The Labute approximate surface area is 158 Å². The Morgan fingerprint density at radius 2 is 1.35 bits per heavy atom. The van der Waals surface area contributed by atoms with Gasteiger partial charge in [-0.1, -0.05) is 24.2 Å². The molecule has 1 amide bonds. The second kappa shape index (κ2) is 19.4. The second-order valence-corrected chi connectivity index (χ2v) is 6.24. The summed E-state index contributed by atoms with van der Waals surface area (Å²) in [5.74, 6) is 0.395. The predicted octanol–water partition coefficient (Wildman–Crippen LogP) is 3.86. The van der Waals surface area contributed by atoms with Crippen molar-refractivity contribution in [1.29, 1.82) is 0 Å². The maximum absolute atomic E-state index is 11.0. The van der Waals surface area contributed by atoms with Crippen LogP contribution in [0, 0.1) is 0 Å². The fourth-order valence-electron chi connectivity index (χ4n) is 1.64. The lowest BCUT2D eigenvalue weighted by Crippen LogP contribution is -2.26. The quantitative estimate of drug-likeness (QED) is 0.302. The summed E-state index contributed by atoms with van der Waals surface area (Å²) >= 11 is 0. The highest BCUT2D eigenvalue weighted by molar-refractivity contribution is 5.79. The SMILES string of the molecule is CCCC(=O)CCCON=C(C)C.CCCC(=O)NCCON=C(C)C. The first-order valence-electron chi connectivity index (χ1n) is 9.38. The molecule has 1 N–H and O–H groups in total. The molecule has 0 fully saturated rings. The lowest BCUT2D eigenvalue weighted by molar-refractivity contribution is -0.121. The first-order valence-corrected chi connectivity index (χ1v) is 9.38. The number of Topliss-reactive ketones (excluding diaryl/α,β-unsaturated/α-hetero) is 1. The Bertz CT molecular complexity index is 387. The highest BCUT2D eigenvalue weighted by Crippen LogP contribution is 1.98. The molecule has 0 radical (unpaired) electrons. The number of hydrogen-bond donors (Lipinski definition) is 1. The lowest BCUT2D eigenvalue weighted by atomic mass is 10.1. The van der Waals surface area contributed by atoms with Gasteiger partial charge in [-0.15, -0.1) is 0 Å². The van der Waals surface area contributed by atoms with Gasteiger partial charge < -0.3 is 15.0 Å². The van der Waals surface area contributed by atoms with E-state index in [0.29, 0.717) is 44.8 Å². The van der Waals surface area contributed by atoms with E-state index in [1.165, 1.54) is 0 Å². The summed E-state index contributed by atoms with van der Waals surface area (Å²) in [5, 5.41) is 10.2. The van der Waals surface area contributed by atoms with Gasteiger partial charge >= 0.3 is 0 Å². The third-order valence-electron chi connectivity index (χ3n) is 2.71. The normalized spacial score (nSPS) is 9.31. The number of amides is 1. The van der Waals surface area contributed by atoms with Gasteiger partial charge in [0.25, 0.3) is 0 Å². The molecule has 0 aromatic carbocycles. The van der Waals surface area contributed by atoms with Gasteiger partial charge in [0.1, 0.15) is 19.0 Å². The van der Waals surface area contributed by atoms with Crippen LogP contribution in [-0.2, 0) is 19.3 Å². The molecule has 0 spiro atoms. The molecule has 0 aliphatic carbocycles. The fraction of sp³-hybridized carbons (Fsp3) is 0.789. The molecule has 0 aromatic heterocycles. The van der Waals surface area contributed by atoms with Crippen molar-refractivity contribution in [2.75, 3.05) is 19.8 Å². The molecule has 0 saturated carbocycles. The first kappa shape index (κ1) is 26.3. The number of rotatable bonds is 13. The minimum atomic E-state index is 0.0725. The van der Waals surface area contributed by atoms with Gasteiger partial charge in [-0.05, 0) is 47.0 Å². The van der Waals surface area contributed by atoms with E-state index in [1.807, 2.05) is 41.5 Å². The van der Waals surface area contributed by atoms with Crippen molar-refractivity contribution in [2.45, 2.75) is 80.1 Å². The predicted molar refractivity (Wildman–Crippen MR) is 107 cm³/mol. The topological polar surface area (TPSA) is 89.3 Å². The Morgan fingerprint density at radius 3 is 1.85 bits per heavy atom. The van der Waals surface area contributed by atoms with E-state index in [9.17, 15) is 9.59 Å². The van der Waals surface area contributed by atoms with E-state index in [4.69, 9.17) is 9.68 Å². The van der Waals surface area contributed by atoms with Crippen molar-refractivity contribution in [3.8, 4) is 0 Å². The molecule has 0 rings (SSSR count). The van der Waals surface area contributed by atoms with Crippen molar-refractivity contribution in [3.63, 3.8) is 0 Å². The number of nitrogens with zero attached hydrogens (tertiary/aromatic N) is 2. The van der Waals surface area contributed by atoms with Crippen molar-refractivity contribution in [3.05, 3.63) is 0 Å². The van der Waals surface area contributed by atoms with Crippen LogP contribution in [0.3, 0.4) is 0 Å². The van der Waals surface area contributed by atoms with Crippen LogP contribution in [0.4, 0.5) is 0 Å². The van der Waals surface area contributed by atoms with Crippen molar-refractivity contribution >= 4 is 23.1 Å². The van der Waals surface area contributed by atoms with Gasteiger partial charge in [0.05, 0.1) is 18.0 Å². The summed E-state index contributed by atoms with van der Waals surface area (Å²) < 4.78 is 0. The van der Waals surface area contributed by atoms with E-state index in [1.54, 1.807) is 0 Å². The maximum Gasteiger partial charge on any atom is 0.220 e. The Balaban J connectivity index is 0. The fourth-order valence-corrected chi connectivity index (χ4v) is 1.64. The molecule has 7 heteroatoms. The summed E-state index contributed by atoms with van der Waals surface area (Å²) in [4.78, 5) is 31.8. The van der Waals surface area contributed by atoms with Gasteiger partial charge in [-0.2, -0.15) is 0 Å². The third kappa shape index (κ3) is 24.3. The Kier molecular flexibility index (Phi) is 19.6. The molecule has 0 heterocycles. The van der Waals surface area contributed by atoms with Crippen LogP contribution in [-0.4, -0.2) is 42.9 Å². The first-order chi connectivity index (χ1) is 12.3. The van der Waals surface area contributed by atoms with Gasteiger partial charge in [0.15, 0.2) is 0 Å². The minimum Gasteiger partial charge on any atom is -0.396 e. The molecule has 152 valence electrons. The molecule has 7 nitrogen and oxygen atoms in total. The molecule has 26 heavy (non-hydrogen) atoms. The van der Waals surface area contributed by atoms with Gasteiger partial charge in [0.2, 0.25) is 5.91 Å². The lowest BCUT2D eigenvalue weighted by Gasteiger charge is -2.02. The summed E-state index contributed by atoms with van der Waals surface area (Å²) in [7, 11) is 0. The van der Waals surface area contributed by atoms with Crippen LogP contribution < -0.4 is 5.32 Å². The smallest absolute Gasteiger partial charge is 0.220 e. The van der Waals surface area contributed by atoms with E-state index < -0.39 is 0 Å². The van der Waals surface area contributed by atoms with Crippen LogP contribution in [0.2, 0.25) is 0 Å². The monoisotopic (exact) mass is 371 g/mol. The van der Waals surface area contributed by atoms with Gasteiger partial charge in [-0.25, -0.2) is 0 Å². The number of ketones is 1. The third-order valence-corrected chi connectivity index (χ3v) is 2.71. The van der Waals surface area contributed by atoms with Crippen molar-refractivity contribution in [1.82, 2.24) is 5.32 Å². The highest BCUT2D eigenvalue weighted by Gasteiger charge is 1.99. The zero-order chi connectivity index (χ0) is 20.2. The number of carbonyl (C=O) groups excluding carboxylic acids is 2. The molecular formula is C19H37N3O4. The average molecular weight is 372 g/mol. The van der Waals surface area contributed by atoms with E-state index in [2.05, 4.69) is 15.6 Å².